The van der Waals surface area contributed by atoms with Gasteiger partial charge in [-0.05, 0) is 62.6 Å². The molecule has 1 aromatic heterocycles. The maximum atomic E-state index is 5.51. The van der Waals surface area contributed by atoms with Crippen molar-refractivity contribution in [2.24, 2.45) is 11.8 Å². The third-order valence-electron chi connectivity index (χ3n) is 5.01. The van der Waals surface area contributed by atoms with Crippen molar-refractivity contribution in [2.45, 2.75) is 57.4 Å². The summed E-state index contributed by atoms with van der Waals surface area (Å²) in [6.07, 6.45) is 10.8. The van der Waals surface area contributed by atoms with E-state index in [-0.39, 0.29) is 0 Å². The van der Waals surface area contributed by atoms with Crippen LogP contribution in [0.4, 0.5) is 5.95 Å². The van der Waals surface area contributed by atoms with Crippen LogP contribution in [0.3, 0.4) is 0 Å². The van der Waals surface area contributed by atoms with E-state index in [9.17, 15) is 0 Å². The van der Waals surface area contributed by atoms with Crippen LogP contribution >= 0.6 is 12.2 Å². The van der Waals surface area contributed by atoms with Crippen LogP contribution in [0.25, 0.3) is 0 Å². The van der Waals surface area contributed by atoms with Crippen LogP contribution in [0.5, 0.6) is 0 Å². The molecule has 4 rings (SSSR count). The van der Waals surface area contributed by atoms with Crippen LogP contribution in [-0.4, -0.2) is 27.9 Å². The predicted octanol–water partition coefficient (Wildman–Crippen LogP) is 3.68. The molecule has 3 saturated carbocycles. The summed E-state index contributed by atoms with van der Waals surface area (Å²) in [6.45, 7) is 2.37. The minimum atomic E-state index is 0.581. The van der Waals surface area contributed by atoms with E-state index in [1.165, 1.54) is 64.5 Å². The van der Waals surface area contributed by atoms with Crippen LogP contribution in [0.2, 0.25) is 0 Å². The van der Waals surface area contributed by atoms with Crippen LogP contribution in [0.1, 0.15) is 57.4 Å². The van der Waals surface area contributed by atoms with Crippen LogP contribution < -0.4 is 4.90 Å². The molecule has 110 valence electrons. The van der Waals surface area contributed by atoms with Gasteiger partial charge in [0.05, 0.1) is 0 Å². The zero-order valence-corrected chi connectivity index (χ0v) is 12.9. The standard InChI is InChI=1S/C15H24N4S/c20-15-17-16-14(19(15)13-3-1-2-4-13)18(9-11-5-6-11)10-12-7-8-12/h11-13H,1-10H2,(H,17,20). The van der Waals surface area contributed by atoms with Gasteiger partial charge in [-0.1, -0.05) is 12.8 Å². The van der Waals surface area contributed by atoms with Crippen LogP contribution in [0, 0.1) is 16.6 Å². The molecule has 0 bridgehead atoms. The van der Waals surface area contributed by atoms with Gasteiger partial charge in [0.15, 0.2) is 4.77 Å². The second kappa shape index (κ2) is 5.17. The van der Waals surface area contributed by atoms with E-state index in [2.05, 4.69) is 19.7 Å². The molecule has 1 aromatic rings. The topological polar surface area (TPSA) is 36.9 Å². The first-order chi connectivity index (χ1) is 9.81. The molecular formula is C15H24N4S. The smallest absolute Gasteiger partial charge is 0.225 e. The van der Waals surface area contributed by atoms with Crippen molar-refractivity contribution in [3.05, 3.63) is 4.77 Å². The lowest BCUT2D eigenvalue weighted by Gasteiger charge is -2.26. The fourth-order valence-corrected chi connectivity index (χ4v) is 3.75. The lowest BCUT2D eigenvalue weighted by atomic mass is 10.2. The van der Waals surface area contributed by atoms with Crippen molar-refractivity contribution in [3.63, 3.8) is 0 Å². The van der Waals surface area contributed by atoms with Gasteiger partial charge < -0.3 is 4.90 Å². The van der Waals surface area contributed by atoms with Gasteiger partial charge in [0.25, 0.3) is 0 Å². The minimum Gasteiger partial charge on any atom is -0.340 e. The molecular weight excluding hydrogens is 268 g/mol. The second-order valence-electron chi connectivity index (χ2n) is 6.93. The highest BCUT2D eigenvalue weighted by Crippen LogP contribution is 2.37. The summed E-state index contributed by atoms with van der Waals surface area (Å²) in [5.41, 5.74) is 0. The minimum absolute atomic E-state index is 0.581. The monoisotopic (exact) mass is 292 g/mol. The first-order valence-electron chi connectivity index (χ1n) is 8.23. The molecule has 0 aliphatic heterocycles. The first kappa shape index (κ1) is 12.9. The van der Waals surface area contributed by atoms with E-state index < -0.39 is 0 Å². The molecule has 0 radical (unpaired) electrons. The molecule has 0 amide bonds. The molecule has 3 fully saturated rings. The molecule has 5 heteroatoms. The molecule has 20 heavy (non-hydrogen) atoms. The molecule has 0 aromatic carbocycles. The molecule has 0 unspecified atom stereocenters. The van der Waals surface area contributed by atoms with Crippen molar-refractivity contribution < 1.29 is 0 Å². The van der Waals surface area contributed by atoms with Gasteiger partial charge in [0, 0.05) is 19.1 Å². The normalized spacial score (nSPS) is 23.4. The third kappa shape index (κ3) is 2.65. The maximum Gasteiger partial charge on any atom is 0.225 e. The van der Waals surface area contributed by atoms with Gasteiger partial charge >= 0.3 is 0 Å². The van der Waals surface area contributed by atoms with E-state index in [1.54, 1.807) is 0 Å². The molecule has 0 saturated heterocycles. The van der Waals surface area contributed by atoms with Gasteiger partial charge in [0.2, 0.25) is 5.95 Å². The van der Waals surface area contributed by atoms with Crippen molar-refractivity contribution in [3.8, 4) is 0 Å². The van der Waals surface area contributed by atoms with Gasteiger partial charge in [0.1, 0.15) is 0 Å². The molecule has 3 aliphatic carbocycles. The summed E-state index contributed by atoms with van der Waals surface area (Å²) < 4.78 is 3.15. The Bertz CT molecular complexity index is 506. The Morgan fingerprint density at radius 1 is 1.05 bits per heavy atom. The molecule has 1 N–H and O–H groups in total. The second-order valence-corrected chi connectivity index (χ2v) is 7.32. The Kier molecular flexibility index (Phi) is 3.33. The summed E-state index contributed by atoms with van der Waals surface area (Å²) in [4.78, 5) is 2.53. The van der Waals surface area contributed by atoms with Gasteiger partial charge in [-0.2, -0.15) is 0 Å². The number of nitrogens with one attached hydrogen (secondary N) is 1. The number of hydrogen-bond acceptors (Lipinski definition) is 3. The Hall–Kier alpha value is -0.840. The van der Waals surface area contributed by atoms with Gasteiger partial charge in [-0.3, -0.25) is 4.57 Å². The number of rotatable bonds is 6. The first-order valence-corrected chi connectivity index (χ1v) is 8.64. The van der Waals surface area contributed by atoms with Gasteiger partial charge in [-0.15, -0.1) is 5.10 Å². The highest BCUT2D eigenvalue weighted by Gasteiger charge is 2.32. The summed E-state index contributed by atoms with van der Waals surface area (Å²) in [6, 6.07) is 0.581. The van der Waals surface area contributed by atoms with E-state index in [1.807, 2.05) is 0 Å². The number of aromatic amines is 1. The Balaban J connectivity index is 1.61. The fraction of sp³-hybridized carbons (Fsp3) is 0.867. The van der Waals surface area contributed by atoms with Crippen LogP contribution in [0.15, 0.2) is 0 Å². The highest BCUT2D eigenvalue weighted by molar-refractivity contribution is 7.71. The average molecular weight is 292 g/mol. The number of H-pyrrole nitrogens is 1. The van der Waals surface area contributed by atoms with Gasteiger partial charge in [-0.25, -0.2) is 5.10 Å². The summed E-state index contributed by atoms with van der Waals surface area (Å²) in [5.74, 6) is 2.92. The lowest BCUT2D eigenvalue weighted by Crippen LogP contribution is -2.31. The molecule has 0 spiro atoms. The Morgan fingerprint density at radius 3 is 2.20 bits per heavy atom. The Morgan fingerprint density at radius 2 is 1.65 bits per heavy atom. The van der Waals surface area contributed by atoms with Crippen molar-refractivity contribution in [2.75, 3.05) is 18.0 Å². The Labute approximate surface area is 125 Å². The number of hydrogen-bond donors (Lipinski definition) is 1. The lowest BCUT2D eigenvalue weighted by molar-refractivity contribution is 0.501. The number of anilines is 1. The maximum absolute atomic E-state index is 5.51. The summed E-state index contributed by atoms with van der Waals surface area (Å²) in [7, 11) is 0. The quantitative estimate of drug-likeness (QED) is 0.813. The zero-order chi connectivity index (χ0) is 13.5. The number of nitrogens with zero attached hydrogens (tertiary/aromatic N) is 3. The predicted molar refractivity (Wildman–Crippen MR) is 82.6 cm³/mol. The SMILES string of the molecule is S=c1[nH]nc(N(CC2CC2)CC2CC2)n1C1CCCC1. The molecule has 0 atom stereocenters. The average Bonchev–Trinajstić information content (AvgIpc) is 3.34. The van der Waals surface area contributed by atoms with Crippen molar-refractivity contribution in [1.29, 1.82) is 0 Å². The third-order valence-corrected chi connectivity index (χ3v) is 5.30. The van der Waals surface area contributed by atoms with E-state index in [4.69, 9.17) is 12.2 Å². The van der Waals surface area contributed by atoms with E-state index in [0.717, 1.165) is 22.6 Å². The highest BCUT2D eigenvalue weighted by atomic mass is 32.1. The molecule has 4 nitrogen and oxygen atoms in total. The van der Waals surface area contributed by atoms with E-state index >= 15 is 0 Å². The number of aromatic nitrogens is 3. The van der Waals surface area contributed by atoms with Crippen molar-refractivity contribution >= 4 is 18.2 Å². The largest absolute Gasteiger partial charge is 0.340 e. The molecule has 1 heterocycles. The zero-order valence-electron chi connectivity index (χ0n) is 12.1. The molecule has 3 aliphatic rings. The van der Waals surface area contributed by atoms with Crippen LogP contribution in [-0.2, 0) is 0 Å². The summed E-state index contributed by atoms with van der Waals surface area (Å²) >= 11 is 5.51. The fourth-order valence-electron chi connectivity index (χ4n) is 3.47. The summed E-state index contributed by atoms with van der Waals surface area (Å²) in [5, 5.41) is 7.65. The van der Waals surface area contributed by atoms with E-state index in [0.29, 0.717) is 6.04 Å². The van der Waals surface area contributed by atoms with Crippen molar-refractivity contribution in [1.82, 2.24) is 14.8 Å².